The number of hydrogen-bond acceptors (Lipinski definition) is 3. The summed E-state index contributed by atoms with van der Waals surface area (Å²) in [6.45, 7) is 2.34. The molecule has 2 aromatic rings. The van der Waals surface area contributed by atoms with Gasteiger partial charge in [0.15, 0.2) is 0 Å². The van der Waals surface area contributed by atoms with E-state index < -0.39 is 0 Å². The first-order valence-corrected chi connectivity index (χ1v) is 6.89. The number of nitrogens with zero attached hydrogens (tertiary/aromatic N) is 2. The summed E-state index contributed by atoms with van der Waals surface area (Å²) in [6.07, 6.45) is 11.4. The number of rotatable bonds is 6. The maximum absolute atomic E-state index is 11.5. The lowest BCUT2D eigenvalue weighted by atomic mass is 10.3. The number of carbonyl (C=O) groups is 1. The molecular formula is C17H18N2O2. The zero-order valence-corrected chi connectivity index (χ0v) is 12.0. The largest absolute Gasteiger partial charge is 0.458 e. The SMILES string of the molecule is CCC=CCOC(=O)C=Cc1cnn(-c2ccccc2)c1. The summed E-state index contributed by atoms with van der Waals surface area (Å²) in [7, 11) is 0. The van der Waals surface area contributed by atoms with Gasteiger partial charge in [0.05, 0.1) is 11.9 Å². The van der Waals surface area contributed by atoms with Crippen molar-refractivity contribution in [2.24, 2.45) is 0 Å². The van der Waals surface area contributed by atoms with Crippen LogP contribution in [0.15, 0.2) is 61.0 Å². The molecule has 0 spiro atoms. The molecule has 1 aromatic carbocycles. The Morgan fingerprint density at radius 3 is 2.86 bits per heavy atom. The summed E-state index contributed by atoms with van der Waals surface area (Å²) >= 11 is 0. The molecular weight excluding hydrogens is 264 g/mol. The quantitative estimate of drug-likeness (QED) is 0.463. The summed E-state index contributed by atoms with van der Waals surface area (Å²) in [5.41, 5.74) is 1.82. The summed E-state index contributed by atoms with van der Waals surface area (Å²) in [5.74, 6) is -0.358. The number of para-hydroxylation sites is 1. The highest BCUT2D eigenvalue weighted by molar-refractivity contribution is 5.87. The monoisotopic (exact) mass is 282 g/mol. The molecule has 0 bridgehead atoms. The van der Waals surface area contributed by atoms with Gasteiger partial charge in [-0.05, 0) is 24.6 Å². The fraction of sp³-hybridized carbons (Fsp3) is 0.176. The Hall–Kier alpha value is -2.62. The van der Waals surface area contributed by atoms with Crippen LogP contribution in [0.4, 0.5) is 0 Å². The highest BCUT2D eigenvalue weighted by atomic mass is 16.5. The number of aromatic nitrogens is 2. The Kier molecular flexibility index (Phi) is 5.52. The number of benzene rings is 1. The molecule has 0 N–H and O–H groups in total. The first-order chi connectivity index (χ1) is 10.3. The standard InChI is InChI=1S/C17H18N2O2/c1-2-3-7-12-21-17(20)11-10-15-13-18-19(14-15)16-8-5-4-6-9-16/h3-11,13-14H,2,12H2,1H3. The van der Waals surface area contributed by atoms with Gasteiger partial charge >= 0.3 is 5.97 Å². The van der Waals surface area contributed by atoms with E-state index in [1.165, 1.54) is 6.08 Å². The van der Waals surface area contributed by atoms with E-state index >= 15 is 0 Å². The van der Waals surface area contributed by atoms with Gasteiger partial charge in [-0.1, -0.05) is 37.3 Å². The van der Waals surface area contributed by atoms with Crippen LogP contribution < -0.4 is 0 Å². The molecule has 0 aliphatic rings. The lowest BCUT2D eigenvalue weighted by Gasteiger charge is -1.98. The van der Waals surface area contributed by atoms with Gasteiger partial charge in [-0.15, -0.1) is 0 Å². The lowest BCUT2D eigenvalue weighted by Crippen LogP contribution is -1.99. The second-order valence-electron chi connectivity index (χ2n) is 4.40. The molecule has 0 saturated heterocycles. The van der Waals surface area contributed by atoms with E-state index in [1.807, 2.05) is 55.6 Å². The van der Waals surface area contributed by atoms with E-state index in [9.17, 15) is 4.79 Å². The van der Waals surface area contributed by atoms with Gasteiger partial charge in [-0.2, -0.15) is 5.10 Å². The van der Waals surface area contributed by atoms with Crippen molar-refractivity contribution in [3.05, 3.63) is 66.5 Å². The van der Waals surface area contributed by atoms with Gasteiger partial charge in [0, 0.05) is 17.8 Å². The number of allylic oxidation sites excluding steroid dienone is 1. The van der Waals surface area contributed by atoms with E-state index in [0.717, 1.165) is 17.7 Å². The van der Waals surface area contributed by atoms with E-state index in [0.29, 0.717) is 6.61 Å². The molecule has 4 nitrogen and oxygen atoms in total. The number of esters is 1. The normalized spacial score (nSPS) is 11.3. The predicted octanol–water partition coefficient (Wildman–Crippen LogP) is 3.39. The minimum atomic E-state index is -0.358. The molecule has 21 heavy (non-hydrogen) atoms. The van der Waals surface area contributed by atoms with Gasteiger partial charge in [-0.3, -0.25) is 0 Å². The molecule has 0 saturated carbocycles. The molecule has 0 aliphatic carbocycles. The Bertz CT molecular complexity index is 627. The average molecular weight is 282 g/mol. The van der Waals surface area contributed by atoms with Crippen LogP contribution in [-0.2, 0) is 9.53 Å². The fourth-order valence-electron chi connectivity index (χ4n) is 1.72. The minimum Gasteiger partial charge on any atom is -0.458 e. The van der Waals surface area contributed by atoms with Crippen LogP contribution in [0.3, 0.4) is 0 Å². The highest BCUT2D eigenvalue weighted by Crippen LogP contribution is 2.08. The van der Waals surface area contributed by atoms with Gasteiger partial charge in [0.2, 0.25) is 0 Å². The van der Waals surface area contributed by atoms with Gasteiger partial charge in [0.25, 0.3) is 0 Å². The third-order valence-corrected chi connectivity index (χ3v) is 2.76. The molecule has 0 atom stereocenters. The summed E-state index contributed by atoms with van der Waals surface area (Å²) < 4.78 is 6.78. The zero-order valence-electron chi connectivity index (χ0n) is 12.0. The Morgan fingerprint density at radius 1 is 1.29 bits per heavy atom. The lowest BCUT2D eigenvalue weighted by molar-refractivity contribution is -0.136. The van der Waals surface area contributed by atoms with Crippen molar-refractivity contribution in [3.8, 4) is 5.69 Å². The molecule has 2 rings (SSSR count). The number of ether oxygens (including phenoxy) is 1. The number of hydrogen-bond donors (Lipinski definition) is 0. The van der Waals surface area contributed by atoms with Crippen LogP contribution in [0.25, 0.3) is 11.8 Å². The molecule has 0 radical (unpaired) electrons. The smallest absolute Gasteiger partial charge is 0.331 e. The van der Waals surface area contributed by atoms with Gasteiger partial charge < -0.3 is 4.74 Å². The van der Waals surface area contributed by atoms with Crippen molar-refractivity contribution in [3.63, 3.8) is 0 Å². The molecule has 1 aromatic heterocycles. The molecule has 0 amide bonds. The second-order valence-corrected chi connectivity index (χ2v) is 4.40. The topological polar surface area (TPSA) is 44.1 Å². The van der Waals surface area contributed by atoms with Gasteiger partial charge in [-0.25, -0.2) is 9.48 Å². The van der Waals surface area contributed by atoms with E-state index in [-0.39, 0.29) is 5.97 Å². The number of carbonyl (C=O) groups excluding carboxylic acids is 1. The van der Waals surface area contributed by atoms with Crippen molar-refractivity contribution in [1.82, 2.24) is 9.78 Å². The van der Waals surface area contributed by atoms with Crippen LogP contribution in [0.1, 0.15) is 18.9 Å². The van der Waals surface area contributed by atoms with Crippen LogP contribution >= 0.6 is 0 Å². The van der Waals surface area contributed by atoms with Crippen molar-refractivity contribution < 1.29 is 9.53 Å². The maximum atomic E-state index is 11.5. The third kappa shape index (κ3) is 4.76. The highest BCUT2D eigenvalue weighted by Gasteiger charge is 1.99. The van der Waals surface area contributed by atoms with Crippen molar-refractivity contribution >= 4 is 12.0 Å². The molecule has 1 heterocycles. The fourth-order valence-corrected chi connectivity index (χ4v) is 1.72. The first kappa shape index (κ1) is 14.8. The summed E-state index contributed by atoms with van der Waals surface area (Å²) in [5, 5.41) is 4.25. The van der Waals surface area contributed by atoms with Crippen LogP contribution in [-0.4, -0.2) is 22.4 Å². The van der Waals surface area contributed by atoms with Crippen LogP contribution in [0.2, 0.25) is 0 Å². The summed E-state index contributed by atoms with van der Waals surface area (Å²) in [6, 6.07) is 9.79. The molecule has 4 heteroatoms. The molecule has 0 fully saturated rings. The van der Waals surface area contributed by atoms with E-state index in [2.05, 4.69) is 5.10 Å². The predicted molar refractivity (Wildman–Crippen MR) is 83.0 cm³/mol. The van der Waals surface area contributed by atoms with E-state index in [1.54, 1.807) is 17.0 Å². The Labute approximate surface area is 124 Å². The van der Waals surface area contributed by atoms with Crippen molar-refractivity contribution in [2.45, 2.75) is 13.3 Å². The third-order valence-electron chi connectivity index (χ3n) is 2.76. The Balaban J connectivity index is 1.92. The van der Waals surface area contributed by atoms with Gasteiger partial charge in [0.1, 0.15) is 6.61 Å². The summed E-state index contributed by atoms with van der Waals surface area (Å²) in [4.78, 5) is 11.5. The Morgan fingerprint density at radius 2 is 2.10 bits per heavy atom. The molecule has 0 unspecified atom stereocenters. The second kappa shape index (κ2) is 7.85. The minimum absolute atomic E-state index is 0.306. The average Bonchev–Trinajstić information content (AvgIpc) is 2.99. The zero-order chi connectivity index (χ0) is 14.9. The first-order valence-electron chi connectivity index (χ1n) is 6.89. The van der Waals surface area contributed by atoms with Crippen molar-refractivity contribution in [2.75, 3.05) is 6.61 Å². The maximum Gasteiger partial charge on any atom is 0.331 e. The van der Waals surface area contributed by atoms with Crippen LogP contribution in [0.5, 0.6) is 0 Å². The van der Waals surface area contributed by atoms with Crippen LogP contribution in [0, 0.1) is 0 Å². The van der Waals surface area contributed by atoms with Crippen molar-refractivity contribution in [1.29, 1.82) is 0 Å². The molecule has 108 valence electrons. The van der Waals surface area contributed by atoms with E-state index in [4.69, 9.17) is 4.74 Å². The molecule has 0 aliphatic heterocycles.